The van der Waals surface area contributed by atoms with E-state index in [9.17, 15) is 19.7 Å². The van der Waals surface area contributed by atoms with E-state index in [1.807, 2.05) is 30.3 Å². The highest BCUT2D eigenvalue weighted by Gasteiger charge is 2.19. The maximum atomic E-state index is 12.8. The smallest absolute Gasteiger partial charge is 0.270 e. The molecular formula is C21H21N3O4. The lowest BCUT2D eigenvalue weighted by molar-refractivity contribution is -0.384. The summed E-state index contributed by atoms with van der Waals surface area (Å²) in [6.07, 6.45) is 0. The summed E-state index contributed by atoms with van der Waals surface area (Å²) in [5.41, 5.74) is 1.04. The van der Waals surface area contributed by atoms with Crippen molar-refractivity contribution < 1.29 is 9.72 Å². The van der Waals surface area contributed by atoms with Crippen molar-refractivity contribution in [1.82, 2.24) is 10.3 Å². The zero-order valence-electron chi connectivity index (χ0n) is 15.6. The fourth-order valence-electron chi connectivity index (χ4n) is 3.28. The molecule has 2 N–H and O–H groups in total. The Labute approximate surface area is 161 Å². The van der Waals surface area contributed by atoms with Gasteiger partial charge in [-0.15, -0.1) is 0 Å². The number of benzene rings is 2. The molecule has 0 saturated heterocycles. The highest BCUT2D eigenvalue weighted by molar-refractivity contribution is 6.06. The monoisotopic (exact) mass is 379 g/mol. The Morgan fingerprint density at radius 3 is 2.50 bits per heavy atom. The molecule has 0 radical (unpaired) electrons. The van der Waals surface area contributed by atoms with Crippen molar-refractivity contribution in [2.75, 3.05) is 6.54 Å². The number of aromatic nitrogens is 1. The minimum Gasteiger partial charge on any atom is -0.351 e. The summed E-state index contributed by atoms with van der Waals surface area (Å²) in [7, 11) is 0. The van der Waals surface area contributed by atoms with Crippen molar-refractivity contribution in [3.8, 4) is 0 Å². The molecule has 7 nitrogen and oxygen atoms in total. The predicted octanol–water partition coefficient (Wildman–Crippen LogP) is 3.61. The van der Waals surface area contributed by atoms with Crippen molar-refractivity contribution in [1.29, 1.82) is 0 Å². The van der Waals surface area contributed by atoms with Gasteiger partial charge in [-0.1, -0.05) is 44.2 Å². The molecule has 1 heterocycles. The number of hydrogen-bond acceptors (Lipinski definition) is 4. The Morgan fingerprint density at radius 2 is 1.86 bits per heavy atom. The van der Waals surface area contributed by atoms with Gasteiger partial charge in [-0.05, 0) is 17.5 Å². The van der Waals surface area contributed by atoms with Crippen LogP contribution in [0, 0.1) is 16.0 Å². The zero-order valence-corrected chi connectivity index (χ0v) is 15.6. The van der Waals surface area contributed by atoms with E-state index in [4.69, 9.17) is 0 Å². The summed E-state index contributed by atoms with van der Waals surface area (Å²) in [4.78, 5) is 37.9. The first kappa shape index (κ1) is 19.3. The Bertz CT molecular complexity index is 1070. The number of rotatable bonds is 6. The quantitative estimate of drug-likeness (QED) is 0.504. The van der Waals surface area contributed by atoms with Gasteiger partial charge < -0.3 is 10.3 Å². The van der Waals surface area contributed by atoms with Crippen molar-refractivity contribution in [3.63, 3.8) is 0 Å². The first-order valence-electron chi connectivity index (χ1n) is 9.01. The Kier molecular flexibility index (Phi) is 5.54. The lowest BCUT2D eigenvalue weighted by Gasteiger charge is -2.22. The first-order valence-corrected chi connectivity index (χ1v) is 9.01. The molecule has 0 fully saturated rings. The van der Waals surface area contributed by atoms with Gasteiger partial charge in [0, 0.05) is 41.6 Å². The molecule has 1 aromatic heterocycles. The minimum absolute atomic E-state index is 0.104. The van der Waals surface area contributed by atoms with Crippen molar-refractivity contribution >= 4 is 22.5 Å². The van der Waals surface area contributed by atoms with Crippen molar-refractivity contribution in [2.45, 2.75) is 19.8 Å². The largest absolute Gasteiger partial charge is 0.351 e. The van der Waals surface area contributed by atoms with Crippen LogP contribution in [-0.4, -0.2) is 22.4 Å². The van der Waals surface area contributed by atoms with Gasteiger partial charge in [0.2, 0.25) is 5.56 Å². The van der Waals surface area contributed by atoms with Crippen LogP contribution in [0.4, 0.5) is 5.69 Å². The molecule has 0 bridgehead atoms. The number of aromatic amines is 1. The normalized spacial score (nSPS) is 12.1. The van der Waals surface area contributed by atoms with E-state index < -0.39 is 16.4 Å². The van der Waals surface area contributed by atoms with Crippen LogP contribution in [0.2, 0.25) is 0 Å². The summed E-state index contributed by atoms with van der Waals surface area (Å²) < 4.78 is 0. The van der Waals surface area contributed by atoms with Gasteiger partial charge >= 0.3 is 0 Å². The number of nitrogens with zero attached hydrogens (tertiary/aromatic N) is 1. The van der Waals surface area contributed by atoms with Crippen molar-refractivity contribution in [2.24, 2.45) is 5.92 Å². The summed E-state index contributed by atoms with van der Waals surface area (Å²) in [6, 6.07) is 15.1. The first-order chi connectivity index (χ1) is 13.4. The molecule has 0 aliphatic rings. The summed E-state index contributed by atoms with van der Waals surface area (Å²) in [6.45, 7) is 4.55. The fourth-order valence-corrected chi connectivity index (χ4v) is 3.28. The molecule has 0 aliphatic heterocycles. The third kappa shape index (κ3) is 4.09. The van der Waals surface area contributed by atoms with Crippen LogP contribution in [-0.2, 0) is 0 Å². The van der Waals surface area contributed by atoms with Crippen LogP contribution in [0.15, 0.2) is 59.4 Å². The highest BCUT2D eigenvalue weighted by Crippen LogP contribution is 2.24. The van der Waals surface area contributed by atoms with Crippen LogP contribution < -0.4 is 10.9 Å². The number of carbonyl (C=O) groups is 1. The lowest BCUT2D eigenvalue weighted by atomic mass is 9.88. The number of fused-ring (bicyclic) bond motifs is 1. The molecular weight excluding hydrogens is 358 g/mol. The van der Waals surface area contributed by atoms with Crippen LogP contribution in [0.1, 0.15) is 35.7 Å². The van der Waals surface area contributed by atoms with Gasteiger partial charge in [-0.25, -0.2) is 0 Å². The van der Waals surface area contributed by atoms with Crippen LogP contribution in [0.25, 0.3) is 10.9 Å². The molecule has 0 spiro atoms. The maximum Gasteiger partial charge on any atom is 0.270 e. The van der Waals surface area contributed by atoms with E-state index in [1.54, 1.807) is 0 Å². The van der Waals surface area contributed by atoms with Gasteiger partial charge in [-0.2, -0.15) is 0 Å². The molecule has 7 heteroatoms. The summed E-state index contributed by atoms with van der Waals surface area (Å²) in [5.74, 6) is -0.0365. The number of pyridine rings is 1. The van der Waals surface area contributed by atoms with E-state index in [1.165, 1.54) is 24.3 Å². The predicted molar refractivity (Wildman–Crippen MR) is 108 cm³/mol. The second kappa shape index (κ2) is 8.04. The number of hydrogen-bond donors (Lipinski definition) is 2. The molecule has 1 unspecified atom stereocenters. The lowest BCUT2D eigenvalue weighted by Crippen LogP contribution is -2.31. The molecule has 3 aromatic rings. The topological polar surface area (TPSA) is 105 Å². The van der Waals surface area contributed by atoms with E-state index in [0.29, 0.717) is 23.4 Å². The minimum atomic E-state index is -0.531. The molecule has 1 amide bonds. The fraction of sp³-hybridized carbons (Fsp3) is 0.238. The van der Waals surface area contributed by atoms with Gasteiger partial charge in [0.1, 0.15) is 0 Å². The van der Waals surface area contributed by atoms with Gasteiger partial charge in [-0.3, -0.25) is 19.7 Å². The summed E-state index contributed by atoms with van der Waals surface area (Å²) in [5, 5.41) is 14.3. The van der Waals surface area contributed by atoms with Crippen LogP contribution >= 0.6 is 0 Å². The average molecular weight is 379 g/mol. The number of non-ortho nitro benzene ring substituents is 1. The van der Waals surface area contributed by atoms with E-state index in [-0.39, 0.29) is 17.2 Å². The van der Waals surface area contributed by atoms with Crippen LogP contribution in [0.3, 0.4) is 0 Å². The molecule has 3 rings (SSSR count). The molecule has 0 aliphatic carbocycles. The van der Waals surface area contributed by atoms with E-state index >= 15 is 0 Å². The van der Waals surface area contributed by atoms with Gasteiger partial charge in [0.15, 0.2) is 0 Å². The zero-order chi connectivity index (χ0) is 20.3. The van der Waals surface area contributed by atoms with Crippen molar-refractivity contribution in [3.05, 3.63) is 86.2 Å². The number of carbonyl (C=O) groups excluding carboxylic acids is 1. The third-order valence-corrected chi connectivity index (χ3v) is 4.80. The number of nitrogens with one attached hydrogen (secondary N) is 2. The Hall–Kier alpha value is -3.48. The summed E-state index contributed by atoms with van der Waals surface area (Å²) >= 11 is 0. The standard InChI is InChI=1S/C21H21N3O4/c1-13(2)18(14-6-4-3-5-7-14)12-22-21(26)17-11-20(25)23-19-9-8-15(24(27)28)10-16(17)19/h3-11,13,18H,12H2,1-2H3,(H,22,26)(H,23,25). The second-order valence-electron chi connectivity index (χ2n) is 7.01. The third-order valence-electron chi connectivity index (χ3n) is 4.80. The SMILES string of the molecule is CC(C)C(CNC(=O)c1cc(=O)[nH]c2ccc([N+](=O)[O-])cc12)c1ccccc1. The van der Waals surface area contributed by atoms with E-state index in [0.717, 1.165) is 5.56 Å². The Balaban J connectivity index is 1.91. The number of nitro benzene ring substituents is 1. The molecule has 1 atom stereocenters. The van der Waals surface area contributed by atoms with Gasteiger partial charge in [0.25, 0.3) is 11.6 Å². The highest BCUT2D eigenvalue weighted by atomic mass is 16.6. The second-order valence-corrected chi connectivity index (χ2v) is 7.01. The van der Waals surface area contributed by atoms with Gasteiger partial charge in [0.05, 0.1) is 10.5 Å². The Morgan fingerprint density at radius 1 is 1.14 bits per heavy atom. The van der Waals surface area contributed by atoms with E-state index in [2.05, 4.69) is 24.1 Å². The van der Waals surface area contributed by atoms with Crippen LogP contribution in [0.5, 0.6) is 0 Å². The number of H-pyrrole nitrogens is 1. The average Bonchev–Trinajstić information content (AvgIpc) is 2.67. The molecule has 2 aromatic carbocycles. The molecule has 0 saturated carbocycles. The molecule has 144 valence electrons. The number of amides is 1. The maximum absolute atomic E-state index is 12.8. The number of nitro groups is 1. The molecule has 28 heavy (non-hydrogen) atoms.